The molecular weight excluding hydrogens is 182 g/mol. The number of rotatable bonds is 6. The Hall–Kier alpha value is -0.450. The molecule has 3 N–H and O–H groups in total. The topological polar surface area (TPSA) is 50.9 Å². The second kappa shape index (κ2) is 6.07. The van der Waals surface area contributed by atoms with Crippen molar-refractivity contribution in [2.45, 2.75) is 38.6 Å². The third-order valence-corrected chi connectivity index (χ3v) is 2.98. The van der Waals surface area contributed by atoms with Crippen LogP contribution in [0.25, 0.3) is 0 Å². The summed E-state index contributed by atoms with van der Waals surface area (Å²) >= 11 is 1.66. The summed E-state index contributed by atoms with van der Waals surface area (Å²) in [5, 5.41) is 0. The molecule has 0 aromatic carbocycles. The van der Waals surface area contributed by atoms with Crippen LogP contribution in [0.2, 0.25) is 0 Å². The molecule has 1 heterocycles. The number of nitrogens with one attached hydrogen (secondary N) is 1. The van der Waals surface area contributed by atoms with Crippen LogP contribution in [0.1, 0.15) is 43.5 Å². The predicted octanol–water partition coefficient (Wildman–Crippen LogP) is 2.23. The van der Waals surface area contributed by atoms with E-state index in [4.69, 9.17) is 5.84 Å². The molecule has 0 amide bonds. The molecule has 4 heteroatoms. The number of nitrogens with zero attached hydrogens (tertiary/aromatic N) is 1. The highest BCUT2D eigenvalue weighted by Crippen LogP contribution is 2.21. The average Bonchev–Trinajstić information content (AvgIpc) is 2.65. The van der Waals surface area contributed by atoms with E-state index in [1.165, 1.54) is 24.1 Å². The second-order valence-electron chi connectivity index (χ2n) is 3.12. The SMILES string of the molecule is CCCCCC(NN)c1cncs1. The first-order valence-electron chi connectivity index (χ1n) is 4.73. The minimum Gasteiger partial charge on any atom is -0.271 e. The molecule has 0 spiro atoms. The normalized spacial score (nSPS) is 13.1. The van der Waals surface area contributed by atoms with Gasteiger partial charge in [-0.3, -0.25) is 16.3 Å². The fourth-order valence-corrected chi connectivity index (χ4v) is 2.02. The van der Waals surface area contributed by atoms with E-state index < -0.39 is 0 Å². The zero-order chi connectivity index (χ0) is 9.52. The van der Waals surface area contributed by atoms with E-state index in [0.717, 1.165) is 6.42 Å². The molecule has 3 nitrogen and oxygen atoms in total. The molecule has 0 aliphatic carbocycles. The largest absolute Gasteiger partial charge is 0.271 e. The Morgan fingerprint density at radius 3 is 3.00 bits per heavy atom. The highest BCUT2D eigenvalue weighted by atomic mass is 32.1. The number of aromatic nitrogens is 1. The molecule has 1 aromatic heterocycles. The molecular formula is C9H17N3S. The predicted molar refractivity (Wildman–Crippen MR) is 56.3 cm³/mol. The third-order valence-electron chi connectivity index (χ3n) is 2.09. The molecule has 13 heavy (non-hydrogen) atoms. The highest BCUT2D eigenvalue weighted by molar-refractivity contribution is 7.09. The molecule has 1 atom stereocenters. The van der Waals surface area contributed by atoms with Crippen molar-refractivity contribution in [3.63, 3.8) is 0 Å². The van der Waals surface area contributed by atoms with Crippen molar-refractivity contribution < 1.29 is 0 Å². The molecule has 0 aliphatic heterocycles. The maximum atomic E-state index is 5.48. The Labute approximate surface area is 83.3 Å². The summed E-state index contributed by atoms with van der Waals surface area (Å²) in [7, 11) is 0. The average molecular weight is 199 g/mol. The van der Waals surface area contributed by atoms with Crippen LogP contribution in [-0.2, 0) is 0 Å². The lowest BCUT2D eigenvalue weighted by atomic mass is 10.1. The lowest BCUT2D eigenvalue weighted by Gasteiger charge is -2.12. The Balaban J connectivity index is 2.35. The van der Waals surface area contributed by atoms with E-state index in [1.54, 1.807) is 11.3 Å². The Morgan fingerprint density at radius 2 is 2.46 bits per heavy atom. The van der Waals surface area contributed by atoms with Crippen molar-refractivity contribution in [1.82, 2.24) is 10.4 Å². The van der Waals surface area contributed by atoms with Crippen LogP contribution in [-0.4, -0.2) is 4.98 Å². The van der Waals surface area contributed by atoms with Crippen LogP contribution in [0.3, 0.4) is 0 Å². The van der Waals surface area contributed by atoms with Crippen LogP contribution in [0.4, 0.5) is 0 Å². The first kappa shape index (κ1) is 10.6. The standard InChI is InChI=1S/C9H17N3S/c1-2-3-4-5-8(12-10)9-6-11-7-13-9/h6-8,12H,2-5,10H2,1H3. The summed E-state index contributed by atoms with van der Waals surface area (Å²) < 4.78 is 0. The maximum Gasteiger partial charge on any atom is 0.0794 e. The molecule has 0 saturated heterocycles. The van der Waals surface area contributed by atoms with Crippen molar-refractivity contribution in [3.05, 3.63) is 16.6 Å². The lowest BCUT2D eigenvalue weighted by Crippen LogP contribution is -2.27. The summed E-state index contributed by atoms with van der Waals surface area (Å²) in [4.78, 5) is 5.28. The van der Waals surface area contributed by atoms with E-state index in [2.05, 4.69) is 17.3 Å². The van der Waals surface area contributed by atoms with Crippen LogP contribution in [0.15, 0.2) is 11.7 Å². The number of hydrogen-bond donors (Lipinski definition) is 2. The Kier molecular flexibility index (Phi) is 4.97. The Morgan fingerprint density at radius 1 is 1.62 bits per heavy atom. The fourth-order valence-electron chi connectivity index (χ4n) is 1.30. The number of thiazole rings is 1. The van der Waals surface area contributed by atoms with Gasteiger partial charge in [0.1, 0.15) is 0 Å². The van der Waals surface area contributed by atoms with Crippen molar-refractivity contribution in [3.8, 4) is 0 Å². The summed E-state index contributed by atoms with van der Waals surface area (Å²) in [6, 6.07) is 0.291. The molecule has 0 radical (unpaired) electrons. The zero-order valence-electron chi connectivity index (χ0n) is 7.99. The van der Waals surface area contributed by atoms with Gasteiger partial charge in [0.2, 0.25) is 0 Å². The molecule has 1 rings (SSSR count). The van der Waals surface area contributed by atoms with Crippen molar-refractivity contribution in [2.75, 3.05) is 0 Å². The smallest absolute Gasteiger partial charge is 0.0794 e. The zero-order valence-corrected chi connectivity index (χ0v) is 8.81. The van der Waals surface area contributed by atoms with Gasteiger partial charge in [-0.2, -0.15) is 0 Å². The second-order valence-corrected chi connectivity index (χ2v) is 4.04. The first-order chi connectivity index (χ1) is 6.38. The van der Waals surface area contributed by atoms with Gasteiger partial charge in [-0.1, -0.05) is 26.2 Å². The lowest BCUT2D eigenvalue weighted by molar-refractivity contribution is 0.492. The first-order valence-corrected chi connectivity index (χ1v) is 5.61. The van der Waals surface area contributed by atoms with Crippen LogP contribution >= 0.6 is 11.3 Å². The number of unbranched alkanes of at least 4 members (excludes halogenated alkanes) is 2. The van der Waals surface area contributed by atoms with E-state index in [9.17, 15) is 0 Å². The summed E-state index contributed by atoms with van der Waals surface area (Å²) in [6.45, 7) is 2.21. The van der Waals surface area contributed by atoms with Gasteiger partial charge >= 0.3 is 0 Å². The van der Waals surface area contributed by atoms with Gasteiger partial charge in [0.05, 0.1) is 11.6 Å². The minimum atomic E-state index is 0.291. The van der Waals surface area contributed by atoms with Crippen molar-refractivity contribution >= 4 is 11.3 Å². The molecule has 0 fully saturated rings. The maximum absolute atomic E-state index is 5.48. The number of nitrogens with two attached hydrogens (primary N) is 1. The van der Waals surface area contributed by atoms with Gasteiger partial charge < -0.3 is 0 Å². The van der Waals surface area contributed by atoms with Gasteiger partial charge in [0, 0.05) is 11.1 Å². The summed E-state index contributed by atoms with van der Waals surface area (Å²) in [5.74, 6) is 5.48. The summed E-state index contributed by atoms with van der Waals surface area (Å²) in [6.07, 6.45) is 6.74. The minimum absolute atomic E-state index is 0.291. The van der Waals surface area contributed by atoms with E-state index in [-0.39, 0.29) is 0 Å². The third kappa shape index (κ3) is 3.42. The van der Waals surface area contributed by atoms with Crippen LogP contribution in [0.5, 0.6) is 0 Å². The van der Waals surface area contributed by atoms with Crippen molar-refractivity contribution in [1.29, 1.82) is 0 Å². The molecule has 0 aliphatic rings. The molecule has 1 aromatic rings. The van der Waals surface area contributed by atoms with E-state index in [1.807, 2.05) is 11.7 Å². The quantitative estimate of drug-likeness (QED) is 0.419. The van der Waals surface area contributed by atoms with Crippen LogP contribution in [0, 0.1) is 0 Å². The van der Waals surface area contributed by atoms with Gasteiger partial charge in [-0.25, -0.2) is 0 Å². The summed E-state index contributed by atoms with van der Waals surface area (Å²) in [5.41, 5.74) is 4.68. The van der Waals surface area contributed by atoms with E-state index in [0.29, 0.717) is 6.04 Å². The monoisotopic (exact) mass is 199 g/mol. The van der Waals surface area contributed by atoms with Gasteiger partial charge in [0.25, 0.3) is 0 Å². The molecule has 0 saturated carbocycles. The fraction of sp³-hybridized carbons (Fsp3) is 0.667. The van der Waals surface area contributed by atoms with Gasteiger partial charge in [-0.05, 0) is 6.42 Å². The molecule has 1 unspecified atom stereocenters. The molecule has 0 bridgehead atoms. The number of hydrazine groups is 1. The van der Waals surface area contributed by atoms with E-state index >= 15 is 0 Å². The number of hydrogen-bond acceptors (Lipinski definition) is 4. The molecule has 74 valence electrons. The van der Waals surface area contributed by atoms with Gasteiger partial charge in [-0.15, -0.1) is 11.3 Å². The van der Waals surface area contributed by atoms with Gasteiger partial charge in [0.15, 0.2) is 0 Å². The van der Waals surface area contributed by atoms with Crippen molar-refractivity contribution in [2.24, 2.45) is 5.84 Å². The Bertz CT molecular complexity index is 211. The highest BCUT2D eigenvalue weighted by Gasteiger charge is 2.09. The van der Waals surface area contributed by atoms with Crippen LogP contribution < -0.4 is 11.3 Å².